The Bertz CT molecular complexity index is 541. The fraction of sp³-hybridized carbons (Fsp3) is 0. The molecule has 0 bridgehead atoms. The first-order valence-corrected chi connectivity index (χ1v) is 7.30. The van der Waals surface area contributed by atoms with Gasteiger partial charge in [-0.3, -0.25) is 9.13 Å². The Balaban J connectivity index is 3.22. The second kappa shape index (κ2) is 5.30. The average Bonchev–Trinajstić information content (AvgIpc) is 2.10. The summed E-state index contributed by atoms with van der Waals surface area (Å²) in [5.41, 5.74) is -0.589. The molecule has 0 spiro atoms. The Hall–Kier alpha value is -1.41. The molecule has 2 atom stereocenters. The van der Waals surface area contributed by atoms with E-state index in [2.05, 4.69) is 9.05 Å². The number of benzene rings is 1. The smallest absolute Gasteiger partial charge is 0.335 e. The maximum Gasteiger partial charge on any atom is 0.335 e. The zero-order valence-electron chi connectivity index (χ0n) is 8.83. The first kappa shape index (κ1) is 15.6. The summed E-state index contributed by atoms with van der Waals surface area (Å²) in [5, 5.41) is 8.70. The van der Waals surface area contributed by atoms with Gasteiger partial charge >= 0.3 is 21.6 Å². The van der Waals surface area contributed by atoms with Crippen LogP contribution in [0.2, 0.25) is 0 Å². The topological polar surface area (TPSA) is 176 Å². The third-order valence-corrected chi connectivity index (χ3v) is 2.45. The van der Waals surface area contributed by atoms with Crippen molar-refractivity contribution < 1.29 is 47.7 Å². The second-order valence-electron chi connectivity index (χ2n) is 3.12. The van der Waals surface area contributed by atoms with Crippen molar-refractivity contribution in [1.82, 2.24) is 0 Å². The monoisotopic (exact) mass is 312 g/mol. The number of hydrogen-bond donors (Lipinski definition) is 3. The van der Waals surface area contributed by atoms with Gasteiger partial charge in [-0.05, 0) is 12.1 Å². The predicted molar refractivity (Wildman–Crippen MR) is 54.3 cm³/mol. The highest BCUT2D eigenvalue weighted by atomic mass is 31.2. The molecule has 19 heavy (non-hydrogen) atoms. The van der Waals surface area contributed by atoms with E-state index in [4.69, 9.17) is 14.9 Å². The van der Waals surface area contributed by atoms with Crippen LogP contribution in [-0.4, -0.2) is 20.9 Å². The number of carbonyl (C=O) groups is 1. The zero-order chi connectivity index (χ0) is 14.8. The summed E-state index contributed by atoms with van der Waals surface area (Å²) < 4.78 is 28.9. The number of rotatable bonds is 5. The van der Waals surface area contributed by atoms with E-state index < -0.39 is 38.7 Å². The fourth-order valence-electron chi connectivity index (χ4n) is 1.07. The third-order valence-electron chi connectivity index (χ3n) is 1.57. The number of carboxylic acid groups (broad SMARTS) is 1. The van der Waals surface area contributed by atoms with E-state index >= 15 is 0 Å². The number of phosphoric acid groups is 2. The molecule has 106 valence electrons. The van der Waals surface area contributed by atoms with Crippen molar-refractivity contribution in [2.45, 2.75) is 0 Å². The van der Waals surface area contributed by atoms with Crippen molar-refractivity contribution in [3.05, 3.63) is 23.8 Å². The lowest BCUT2D eigenvalue weighted by Gasteiger charge is -2.20. The molecule has 0 aliphatic carbocycles. The number of hydrogen-bond acceptors (Lipinski definition) is 7. The fourth-order valence-corrected chi connectivity index (χ4v) is 1.81. The molecule has 0 saturated heterocycles. The standard InChI is InChI=1S/C7H8O10P2/c8-7(9)4-1-5(16-18(10,11)12)3-6(2-4)17-19(13,14)15/h1-3H,(H,8,9)(H2,10,11,12)(H2,13,14,15)/p-2. The molecule has 0 amide bonds. The molecule has 2 unspecified atom stereocenters. The quantitative estimate of drug-likeness (QED) is 0.575. The number of phosphoric ester groups is 2. The van der Waals surface area contributed by atoms with Crippen molar-refractivity contribution in [2.75, 3.05) is 0 Å². The third kappa shape index (κ3) is 5.84. The molecule has 0 radical (unpaired) electrons. The summed E-state index contributed by atoms with van der Waals surface area (Å²) in [6.07, 6.45) is 0. The van der Waals surface area contributed by atoms with Gasteiger partial charge in [0.15, 0.2) is 0 Å². The van der Waals surface area contributed by atoms with Crippen molar-refractivity contribution in [3.63, 3.8) is 0 Å². The van der Waals surface area contributed by atoms with Gasteiger partial charge in [-0.25, -0.2) is 4.79 Å². The molecule has 10 nitrogen and oxygen atoms in total. The van der Waals surface area contributed by atoms with Gasteiger partial charge in [0.2, 0.25) is 0 Å². The largest absolute Gasteiger partial charge is 0.746 e. The molecule has 1 aromatic rings. The van der Waals surface area contributed by atoms with Crippen LogP contribution in [0.15, 0.2) is 18.2 Å². The van der Waals surface area contributed by atoms with Gasteiger partial charge in [0.05, 0.1) is 5.56 Å². The van der Waals surface area contributed by atoms with Crippen molar-refractivity contribution in [1.29, 1.82) is 0 Å². The van der Waals surface area contributed by atoms with E-state index in [9.17, 15) is 23.7 Å². The van der Waals surface area contributed by atoms with Crippen LogP contribution in [0, 0.1) is 0 Å². The van der Waals surface area contributed by atoms with Gasteiger partial charge in [-0.15, -0.1) is 0 Å². The maximum atomic E-state index is 10.7. The van der Waals surface area contributed by atoms with Crippen LogP contribution < -0.4 is 18.8 Å². The summed E-state index contributed by atoms with van der Waals surface area (Å²) in [7, 11) is -10.4. The van der Waals surface area contributed by atoms with Crippen LogP contribution in [0.1, 0.15) is 10.4 Å². The molecular formula is C7H6O10P2-2. The van der Waals surface area contributed by atoms with Gasteiger partial charge < -0.3 is 33.7 Å². The van der Waals surface area contributed by atoms with E-state index in [1.54, 1.807) is 0 Å². The van der Waals surface area contributed by atoms with E-state index in [-0.39, 0.29) is 0 Å². The highest BCUT2D eigenvalue weighted by molar-refractivity contribution is 7.45. The van der Waals surface area contributed by atoms with Gasteiger partial charge in [-0.2, -0.15) is 0 Å². The Kier molecular flexibility index (Phi) is 4.36. The lowest BCUT2D eigenvalue weighted by atomic mass is 10.2. The molecule has 3 N–H and O–H groups in total. The summed E-state index contributed by atoms with van der Waals surface area (Å²) >= 11 is 0. The first-order chi connectivity index (χ1) is 8.46. The van der Waals surface area contributed by atoms with Crippen molar-refractivity contribution >= 4 is 21.6 Å². The average molecular weight is 312 g/mol. The van der Waals surface area contributed by atoms with Gasteiger partial charge in [0.25, 0.3) is 0 Å². The minimum Gasteiger partial charge on any atom is -0.746 e. The lowest BCUT2D eigenvalue weighted by Crippen LogP contribution is -2.08. The minimum absolute atomic E-state index is 0.589. The van der Waals surface area contributed by atoms with Crippen molar-refractivity contribution in [2.24, 2.45) is 0 Å². The molecule has 0 aliphatic heterocycles. The Morgan fingerprint density at radius 3 is 1.63 bits per heavy atom. The summed E-state index contributed by atoms with van der Waals surface area (Å²) in [6, 6.07) is 2.04. The van der Waals surface area contributed by atoms with E-state index in [1.807, 2.05) is 0 Å². The zero-order valence-corrected chi connectivity index (χ0v) is 10.6. The van der Waals surface area contributed by atoms with Crippen LogP contribution in [-0.2, 0) is 9.13 Å². The molecular weight excluding hydrogens is 306 g/mol. The lowest BCUT2D eigenvalue weighted by molar-refractivity contribution is -0.212. The molecule has 0 heterocycles. The minimum atomic E-state index is -5.22. The molecule has 0 aliphatic rings. The van der Waals surface area contributed by atoms with Crippen LogP contribution in [0.4, 0.5) is 0 Å². The summed E-state index contributed by atoms with van der Waals surface area (Å²) in [4.78, 5) is 48.6. The normalized spacial score (nSPS) is 17.1. The molecule has 12 heteroatoms. The predicted octanol–water partition coefficient (Wildman–Crippen LogP) is -0.936. The maximum absolute atomic E-state index is 10.7. The number of aromatic carboxylic acids is 1. The van der Waals surface area contributed by atoms with Crippen LogP contribution >= 0.6 is 15.6 Å². The molecule has 1 aromatic carbocycles. The Labute approximate surface area is 105 Å². The number of carboxylic acids is 1. The molecule has 0 aromatic heterocycles. The van der Waals surface area contributed by atoms with Crippen LogP contribution in [0.5, 0.6) is 11.5 Å². The highest BCUT2D eigenvalue weighted by Crippen LogP contribution is 2.39. The Morgan fingerprint density at radius 2 is 1.37 bits per heavy atom. The summed E-state index contributed by atoms with van der Waals surface area (Å²) in [5.74, 6) is -2.96. The van der Waals surface area contributed by atoms with Gasteiger partial charge in [0, 0.05) is 6.07 Å². The Morgan fingerprint density at radius 1 is 1.00 bits per heavy atom. The molecule has 1 rings (SSSR count). The highest BCUT2D eigenvalue weighted by Gasteiger charge is 2.14. The second-order valence-corrected chi connectivity index (χ2v) is 5.36. The van der Waals surface area contributed by atoms with Gasteiger partial charge in [0.1, 0.15) is 11.5 Å². The SMILES string of the molecule is O=C(O)c1cc(OP(=O)([O-])O)cc(OP(=O)([O-])O)c1. The van der Waals surface area contributed by atoms with Crippen LogP contribution in [0.3, 0.4) is 0 Å². The van der Waals surface area contributed by atoms with E-state index in [1.165, 1.54) is 0 Å². The van der Waals surface area contributed by atoms with Crippen LogP contribution in [0.25, 0.3) is 0 Å². The molecule has 0 fully saturated rings. The van der Waals surface area contributed by atoms with E-state index in [0.717, 1.165) is 0 Å². The van der Waals surface area contributed by atoms with E-state index in [0.29, 0.717) is 18.2 Å². The first-order valence-electron chi connectivity index (χ1n) is 4.31. The summed E-state index contributed by atoms with van der Waals surface area (Å²) in [6.45, 7) is 0. The van der Waals surface area contributed by atoms with Gasteiger partial charge in [-0.1, -0.05) is 0 Å². The molecule has 0 saturated carbocycles. The van der Waals surface area contributed by atoms with Crippen molar-refractivity contribution in [3.8, 4) is 11.5 Å².